The van der Waals surface area contributed by atoms with E-state index in [-0.39, 0.29) is 5.70 Å². The maximum Gasteiger partial charge on any atom is 0.372 e. The molecule has 0 unspecified atom stereocenters. The van der Waals surface area contributed by atoms with Gasteiger partial charge in [0.25, 0.3) is 0 Å². The molecule has 0 aliphatic heterocycles. The minimum Gasteiger partial charge on any atom is -0.393 e. The molecule has 0 spiro atoms. The van der Waals surface area contributed by atoms with E-state index in [9.17, 15) is 4.79 Å². The molecule has 0 bridgehead atoms. The fourth-order valence-corrected chi connectivity index (χ4v) is 0.224. The van der Waals surface area contributed by atoms with Crippen LogP contribution in [0.5, 0.6) is 0 Å². The van der Waals surface area contributed by atoms with Crippen molar-refractivity contribution in [2.75, 3.05) is 14.1 Å². The number of nitrogens with two attached hydrogens (primary N) is 1. The molecule has 0 fully saturated rings. The van der Waals surface area contributed by atoms with Crippen molar-refractivity contribution in [3.05, 3.63) is 12.3 Å². The number of carbonyl (C=O) groups is 1. The molecule has 0 aromatic carbocycles. The van der Waals surface area contributed by atoms with E-state index in [1.54, 1.807) is 14.1 Å². The Morgan fingerprint density at radius 2 is 2.11 bits per heavy atom. The lowest BCUT2D eigenvalue weighted by Crippen LogP contribution is -2.22. The predicted octanol–water partition coefficient (Wildman–Crippen LogP) is -0.521. The molecule has 0 saturated heterocycles. The summed E-state index contributed by atoms with van der Waals surface area (Å²) in [7, 11) is 3.17. The van der Waals surface area contributed by atoms with E-state index in [0.29, 0.717) is 0 Å². The molecule has 2 N–H and O–H groups in total. The van der Waals surface area contributed by atoms with Gasteiger partial charge in [0, 0.05) is 14.1 Å². The van der Waals surface area contributed by atoms with Crippen LogP contribution in [-0.4, -0.2) is 25.1 Å². The van der Waals surface area contributed by atoms with Gasteiger partial charge in [0.15, 0.2) is 0 Å². The van der Waals surface area contributed by atoms with Gasteiger partial charge >= 0.3 is 5.97 Å². The smallest absolute Gasteiger partial charge is 0.372 e. The minimum absolute atomic E-state index is 0.0938. The van der Waals surface area contributed by atoms with Crippen LogP contribution in [0.4, 0.5) is 0 Å². The van der Waals surface area contributed by atoms with Crippen molar-refractivity contribution in [3.8, 4) is 0 Å². The lowest BCUT2D eigenvalue weighted by Gasteiger charge is -2.08. The molecule has 4 heteroatoms. The van der Waals surface area contributed by atoms with Crippen LogP contribution < -0.4 is 5.73 Å². The lowest BCUT2D eigenvalue weighted by atomic mass is 10.5. The van der Waals surface area contributed by atoms with E-state index in [1.807, 2.05) is 0 Å². The van der Waals surface area contributed by atoms with Crippen LogP contribution in [0.2, 0.25) is 0 Å². The summed E-state index contributed by atoms with van der Waals surface area (Å²) in [5.74, 6) is -0.611. The van der Waals surface area contributed by atoms with Crippen LogP contribution in [0.15, 0.2) is 12.3 Å². The average molecular weight is 130 g/mol. The quantitative estimate of drug-likeness (QED) is 0.403. The summed E-state index contributed by atoms with van der Waals surface area (Å²) >= 11 is 0. The first-order chi connectivity index (χ1) is 4.04. The average Bonchev–Trinajstić information content (AvgIpc) is 1.63. The minimum atomic E-state index is -0.611. The third-order valence-corrected chi connectivity index (χ3v) is 0.528. The van der Waals surface area contributed by atoms with Crippen molar-refractivity contribution in [2.45, 2.75) is 0 Å². The maximum atomic E-state index is 10.5. The maximum absolute atomic E-state index is 10.5. The predicted molar refractivity (Wildman–Crippen MR) is 33.1 cm³/mol. The Kier molecular flexibility index (Phi) is 2.73. The summed E-state index contributed by atoms with van der Waals surface area (Å²) in [4.78, 5) is 14.9. The van der Waals surface area contributed by atoms with Crippen molar-refractivity contribution in [2.24, 2.45) is 5.73 Å². The normalized spacial score (nSPS) is 9.22. The highest BCUT2D eigenvalue weighted by Crippen LogP contribution is 1.85. The third kappa shape index (κ3) is 3.54. The number of hydrogen-bond acceptors (Lipinski definition) is 4. The van der Waals surface area contributed by atoms with Crippen LogP contribution in [0, 0.1) is 0 Å². The Hall–Kier alpha value is -1.03. The molecule has 0 rings (SSSR count). The highest BCUT2D eigenvalue weighted by Gasteiger charge is 2.03. The third-order valence-electron chi connectivity index (χ3n) is 0.528. The first kappa shape index (κ1) is 7.97. The second-order valence-corrected chi connectivity index (χ2v) is 1.72. The van der Waals surface area contributed by atoms with E-state index in [4.69, 9.17) is 5.73 Å². The van der Waals surface area contributed by atoms with Crippen LogP contribution in [0.1, 0.15) is 0 Å². The molecule has 0 heterocycles. The number of rotatable bonds is 2. The van der Waals surface area contributed by atoms with Gasteiger partial charge in [-0.15, -0.1) is 5.06 Å². The summed E-state index contributed by atoms with van der Waals surface area (Å²) in [6, 6.07) is 0. The lowest BCUT2D eigenvalue weighted by molar-refractivity contribution is -0.173. The van der Waals surface area contributed by atoms with Gasteiger partial charge < -0.3 is 10.6 Å². The molecule has 0 radical (unpaired) electrons. The summed E-state index contributed by atoms with van der Waals surface area (Å²) in [6.45, 7) is 3.18. The van der Waals surface area contributed by atoms with E-state index in [1.165, 1.54) is 5.06 Å². The molecule has 0 aromatic heterocycles. The number of hydroxylamine groups is 2. The molecule has 0 amide bonds. The Balaban J connectivity index is 3.65. The summed E-state index contributed by atoms with van der Waals surface area (Å²) < 4.78 is 0. The van der Waals surface area contributed by atoms with Crippen LogP contribution in [0.25, 0.3) is 0 Å². The standard InChI is InChI=1S/C5H10N2O2/c1-4(6)5(8)9-7(2)3/h1,6H2,2-3H3. The Labute approximate surface area is 53.8 Å². The first-order valence-corrected chi connectivity index (χ1v) is 2.38. The highest BCUT2D eigenvalue weighted by atomic mass is 16.7. The molecule has 0 aliphatic carbocycles. The van der Waals surface area contributed by atoms with Crippen LogP contribution in [0.3, 0.4) is 0 Å². The fraction of sp³-hybridized carbons (Fsp3) is 0.400. The first-order valence-electron chi connectivity index (χ1n) is 2.38. The van der Waals surface area contributed by atoms with E-state index < -0.39 is 5.97 Å². The number of hydrogen-bond donors (Lipinski definition) is 1. The zero-order valence-electron chi connectivity index (χ0n) is 5.55. The summed E-state index contributed by atoms with van der Waals surface area (Å²) in [6.07, 6.45) is 0. The largest absolute Gasteiger partial charge is 0.393 e. The number of nitrogens with zero attached hydrogens (tertiary/aromatic N) is 1. The molecule has 0 atom stereocenters. The van der Waals surface area contributed by atoms with Gasteiger partial charge in [0.05, 0.1) is 0 Å². The van der Waals surface area contributed by atoms with Gasteiger partial charge in [-0.1, -0.05) is 6.58 Å². The topological polar surface area (TPSA) is 55.6 Å². The Bertz CT molecular complexity index is 131. The monoisotopic (exact) mass is 130 g/mol. The highest BCUT2D eigenvalue weighted by molar-refractivity contribution is 5.86. The number of carbonyl (C=O) groups excluding carboxylic acids is 1. The Morgan fingerprint density at radius 1 is 1.67 bits per heavy atom. The van der Waals surface area contributed by atoms with Crippen LogP contribution >= 0.6 is 0 Å². The summed E-state index contributed by atoms with van der Waals surface area (Å²) in [5, 5.41) is 1.25. The van der Waals surface area contributed by atoms with Gasteiger partial charge in [-0.05, 0) is 0 Å². The van der Waals surface area contributed by atoms with Gasteiger partial charge in [0.1, 0.15) is 5.70 Å². The van der Waals surface area contributed by atoms with Gasteiger partial charge in [-0.2, -0.15) is 0 Å². The molecular weight excluding hydrogens is 120 g/mol. The van der Waals surface area contributed by atoms with Crippen molar-refractivity contribution < 1.29 is 9.63 Å². The second-order valence-electron chi connectivity index (χ2n) is 1.72. The SMILES string of the molecule is C=C(N)C(=O)ON(C)C. The molecular formula is C5H10N2O2. The molecule has 52 valence electrons. The van der Waals surface area contributed by atoms with Crippen molar-refractivity contribution in [1.29, 1.82) is 0 Å². The van der Waals surface area contributed by atoms with Crippen molar-refractivity contribution in [1.82, 2.24) is 5.06 Å². The fourth-order valence-electron chi connectivity index (χ4n) is 0.224. The van der Waals surface area contributed by atoms with Gasteiger partial charge in [0.2, 0.25) is 0 Å². The van der Waals surface area contributed by atoms with Gasteiger partial charge in [-0.25, -0.2) is 4.79 Å². The Morgan fingerprint density at radius 3 is 2.22 bits per heavy atom. The zero-order valence-corrected chi connectivity index (χ0v) is 5.55. The molecule has 0 aromatic rings. The molecule has 9 heavy (non-hydrogen) atoms. The molecule has 0 saturated carbocycles. The zero-order chi connectivity index (χ0) is 7.44. The second kappa shape index (κ2) is 3.09. The molecule has 4 nitrogen and oxygen atoms in total. The van der Waals surface area contributed by atoms with E-state index in [0.717, 1.165) is 0 Å². The molecule has 0 aliphatic rings. The van der Waals surface area contributed by atoms with E-state index in [2.05, 4.69) is 11.4 Å². The summed E-state index contributed by atoms with van der Waals surface area (Å²) in [5.41, 5.74) is 4.89. The van der Waals surface area contributed by atoms with Crippen molar-refractivity contribution >= 4 is 5.97 Å². The van der Waals surface area contributed by atoms with Crippen molar-refractivity contribution in [3.63, 3.8) is 0 Å². The van der Waals surface area contributed by atoms with E-state index >= 15 is 0 Å². The van der Waals surface area contributed by atoms with Crippen LogP contribution in [-0.2, 0) is 9.63 Å². The van der Waals surface area contributed by atoms with Gasteiger partial charge in [-0.3, -0.25) is 0 Å².